The summed E-state index contributed by atoms with van der Waals surface area (Å²) in [6, 6.07) is 18.1. The molecule has 0 amide bonds. The third-order valence-electron chi connectivity index (χ3n) is 5.23. The molecule has 2 aromatic carbocycles. The van der Waals surface area contributed by atoms with E-state index in [0.29, 0.717) is 18.8 Å². The predicted octanol–water partition coefficient (Wildman–Crippen LogP) is 4.15. The number of hydrogen-bond acceptors (Lipinski definition) is 4. The first kappa shape index (κ1) is 19.3. The van der Waals surface area contributed by atoms with Crippen LogP contribution in [0.1, 0.15) is 30.7 Å². The number of hydrogen-bond donors (Lipinski definition) is 2. The lowest BCUT2D eigenvalue weighted by molar-refractivity contribution is -0.138. The molecule has 1 aliphatic heterocycles. The molecule has 5 nitrogen and oxygen atoms in total. The van der Waals surface area contributed by atoms with Crippen molar-refractivity contribution < 1.29 is 14.3 Å². The van der Waals surface area contributed by atoms with Gasteiger partial charge in [0.25, 0.3) is 0 Å². The SMILES string of the molecule is CC1(C)CNC=C(C(=O)OCCOCc2ccccc2)c2[nH]c3ccccc3c21. The Morgan fingerprint density at radius 2 is 1.79 bits per heavy atom. The van der Waals surface area contributed by atoms with E-state index in [1.54, 1.807) is 6.20 Å². The lowest BCUT2D eigenvalue weighted by Crippen LogP contribution is -2.29. The van der Waals surface area contributed by atoms with Gasteiger partial charge in [0.15, 0.2) is 0 Å². The summed E-state index contributed by atoms with van der Waals surface area (Å²) in [4.78, 5) is 16.3. The lowest BCUT2D eigenvalue weighted by atomic mass is 9.82. The Balaban J connectivity index is 1.45. The van der Waals surface area contributed by atoms with Gasteiger partial charge in [-0.2, -0.15) is 0 Å². The number of benzene rings is 2. The van der Waals surface area contributed by atoms with Crippen molar-refractivity contribution in [1.29, 1.82) is 0 Å². The van der Waals surface area contributed by atoms with Crippen LogP contribution in [0.4, 0.5) is 0 Å². The Bertz CT molecular complexity index is 1030. The maximum atomic E-state index is 12.8. The highest BCUT2D eigenvalue weighted by Gasteiger charge is 2.33. The maximum absolute atomic E-state index is 12.8. The molecule has 0 saturated heterocycles. The van der Waals surface area contributed by atoms with Gasteiger partial charge in [0.05, 0.1) is 24.5 Å². The Morgan fingerprint density at radius 3 is 2.62 bits per heavy atom. The molecular formula is C24H26N2O3. The zero-order valence-electron chi connectivity index (χ0n) is 16.8. The molecule has 0 unspecified atom stereocenters. The van der Waals surface area contributed by atoms with Crippen molar-refractivity contribution in [2.75, 3.05) is 19.8 Å². The van der Waals surface area contributed by atoms with Gasteiger partial charge in [-0.05, 0) is 17.2 Å². The first-order valence-electron chi connectivity index (χ1n) is 9.90. The molecule has 4 rings (SSSR count). The fourth-order valence-electron chi connectivity index (χ4n) is 3.81. The number of rotatable bonds is 6. The summed E-state index contributed by atoms with van der Waals surface area (Å²) in [5, 5.41) is 4.42. The van der Waals surface area contributed by atoms with Crippen LogP contribution in [0.5, 0.6) is 0 Å². The Morgan fingerprint density at radius 1 is 1.03 bits per heavy atom. The maximum Gasteiger partial charge on any atom is 0.341 e. The summed E-state index contributed by atoms with van der Waals surface area (Å²) in [7, 11) is 0. The summed E-state index contributed by atoms with van der Waals surface area (Å²) < 4.78 is 11.1. The zero-order chi connectivity index (χ0) is 20.3. The average Bonchev–Trinajstić information content (AvgIpc) is 3.05. The lowest BCUT2D eigenvalue weighted by Gasteiger charge is -2.24. The van der Waals surface area contributed by atoms with Crippen LogP contribution in [0.25, 0.3) is 16.5 Å². The van der Waals surface area contributed by atoms with E-state index in [1.807, 2.05) is 48.5 Å². The Labute approximate surface area is 170 Å². The minimum Gasteiger partial charge on any atom is -0.460 e. The minimum absolute atomic E-state index is 0.133. The number of nitrogens with one attached hydrogen (secondary N) is 2. The molecule has 5 heteroatoms. The van der Waals surface area contributed by atoms with Crippen LogP contribution < -0.4 is 5.32 Å². The molecule has 0 bridgehead atoms. The number of H-pyrrole nitrogens is 1. The molecule has 150 valence electrons. The van der Waals surface area contributed by atoms with E-state index in [0.717, 1.165) is 34.3 Å². The molecule has 0 aliphatic carbocycles. The highest BCUT2D eigenvalue weighted by molar-refractivity contribution is 6.17. The van der Waals surface area contributed by atoms with Gasteiger partial charge in [-0.3, -0.25) is 0 Å². The van der Waals surface area contributed by atoms with Gasteiger partial charge in [0, 0.05) is 29.1 Å². The molecular weight excluding hydrogens is 364 g/mol. The highest BCUT2D eigenvalue weighted by atomic mass is 16.6. The molecule has 3 aromatic rings. The highest BCUT2D eigenvalue weighted by Crippen LogP contribution is 2.38. The van der Waals surface area contributed by atoms with Gasteiger partial charge in [-0.25, -0.2) is 4.79 Å². The molecule has 29 heavy (non-hydrogen) atoms. The number of esters is 1. The van der Waals surface area contributed by atoms with Gasteiger partial charge < -0.3 is 19.8 Å². The van der Waals surface area contributed by atoms with Crippen molar-refractivity contribution in [3.8, 4) is 0 Å². The molecule has 0 radical (unpaired) electrons. The standard InChI is InChI=1S/C24H26N2O3/c1-24(2)16-25-14-19(22-21(24)18-10-6-7-11-20(18)26-22)23(27)29-13-12-28-15-17-8-4-3-5-9-17/h3-11,14,25-26H,12-13,15-16H2,1-2H3. The van der Waals surface area contributed by atoms with Crippen LogP contribution >= 0.6 is 0 Å². The third kappa shape index (κ3) is 4.05. The van der Waals surface area contributed by atoms with Gasteiger partial charge >= 0.3 is 5.97 Å². The molecule has 1 aromatic heterocycles. The molecule has 0 saturated carbocycles. The smallest absolute Gasteiger partial charge is 0.341 e. The van der Waals surface area contributed by atoms with Crippen LogP contribution in [0.15, 0.2) is 60.8 Å². The van der Waals surface area contributed by atoms with E-state index in [2.05, 4.69) is 30.2 Å². The normalized spacial score (nSPS) is 15.2. The zero-order valence-corrected chi connectivity index (χ0v) is 16.8. The summed E-state index contributed by atoms with van der Waals surface area (Å²) >= 11 is 0. The van der Waals surface area contributed by atoms with E-state index in [4.69, 9.17) is 9.47 Å². The van der Waals surface area contributed by atoms with E-state index in [1.165, 1.54) is 0 Å². The summed E-state index contributed by atoms with van der Waals surface area (Å²) in [6.07, 6.45) is 1.76. The van der Waals surface area contributed by atoms with Crippen LogP contribution in [0, 0.1) is 0 Å². The van der Waals surface area contributed by atoms with E-state index >= 15 is 0 Å². The molecule has 1 aliphatic rings. The second kappa shape index (κ2) is 8.13. The van der Waals surface area contributed by atoms with Gasteiger partial charge in [-0.1, -0.05) is 62.4 Å². The molecule has 0 atom stereocenters. The van der Waals surface area contributed by atoms with Crippen molar-refractivity contribution in [2.24, 2.45) is 0 Å². The second-order valence-corrected chi connectivity index (χ2v) is 7.92. The van der Waals surface area contributed by atoms with Crippen molar-refractivity contribution >= 4 is 22.4 Å². The molecule has 0 fully saturated rings. The van der Waals surface area contributed by atoms with E-state index < -0.39 is 0 Å². The summed E-state index contributed by atoms with van der Waals surface area (Å²) in [6.45, 7) is 6.16. The second-order valence-electron chi connectivity index (χ2n) is 7.92. The predicted molar refractivity (Wildman–Crippen MR) is 114 cm³/mol. The van der Waals surface area contributed by atoms with Crippen molar-refractivity contribution in [3.05, 3.63) is 77.6 Å². The van der Waals surface area contributed by atoms with Crippen LogP contribution in [0.3, 0.4) is 0 Å². The fourth-order valence-corrected chi connectivity index (χ4v) is 3.81. The van der Waals surface area contributed by atoms with Crippen LogP contribution in [0.2, 0.25) is 0 Å². The minimum atomic E-state index is -0.355. The number of aromatic nitrogens is 1. The number of aromatic amines is 1. The Hall–Kier alpha value is -3.05. The van der Waals surface area contributed by atoms with E-state index in [-0.39, 0.29) is 18.0 Å². The molecule has 2 N–H and O–H groups in total. The van der Waals surface area contributed by atoms with Crippen LogP contribution in [-0.4, -0.2) is 30.7 Å². The number of para-hydroxylation sites is 1. The fraction of sp³-hybridized carbons (Fsp3) is 0.292. The summed E-state index contributed by atoms with van der Waals surface area (Å²) in [5.41, 5.74) is 4.48. The Kier molecular flexibility index (Phi) is 5.41. The van der Waals surface area contributed by atoms with E-state index in [9.17, 15) is 4.79 Å². The first-order valence-corrected chi connectivity index (χ1v) is 9.90. The number of carbonyl (C=O) groups is 1. The average molecular weight is 390 g/mol. The number of fused-ring (bicyclic) bond motifs is 3. The topological polar surface area (TPSA) is 63.4 Å². The van der Waals surface area contributed by atoms with Gasteiger partial charge in [0.1, 0.15) is 6.61 Å². The molecule has 0 spiro atoms. The van der Waals surface area contributed by atoms with Gasteiger partial charge in [-0.15, -0.1) is 0 Å². The van der Waals surface area contributed by atoms with Crippen LogP contribution in [-0.2, 0) is 26.3 Å². The third-order valence-corrected chi connectivity index (χ3v) is 5.23. The largest absolute Gasteiger partial charge is 0.460 e. The monoisotopic (exact) mass is 390 g/mol. The number of carbonyl (C=O) groups excluding carboxylic acids is 1. The first-order chi connectivity index (χ1) is 14.1. The van der Waals surface area contributed by atoms with Gasteiger partial charge in [0.2, 0.25) is 0 Å². The number of ether oxygens (including phenoxy) is 2. The van der Waals surface area contributed by atoms with Crippen molar-refractivity contribution in [2.45, 2.75) is 25.9 Å². The van der Waals surface area contributed by atoms with Crippen molar-refractivity contribution in [3.63, 3.8) is 0 Å². The quantitative estimate of drug-likeness (QED) is 0.490. The molecule has 2 heterocycles. The summed E-state index contributed by atoms with van der Waals surface area (Å²) in [5.74, 6) is -0.355. The van der Waals surface area contributed by atoms with Crippen molar-refractivity contribution in [1.82, 2.24) is 10.3 Å².